The molecule has 0 aromatic carbocycles. The fourth-order valence-electron chi connectivity index (χ4n) is 2.47. The smallest absolute Gasteiger partial charge is 0.139 e. The first-order valence-corrected chi connectivity index (χ1v) is 7.42. The number of fused-ring (bicyclic) bond motifs is 1. The lowest BCUT2D eigenvalue weighted by Crippen LogP contribution is -2.17. The van der Waals surface area contributed by atoms with Gasteiger partial charge in [0.2, 0.25) is 0 Å². The molecule has 0 aliphatic carbocycles. The molecule has 0 bridgehead atoms. The molecule has 0 aliphatic heterocycles. The Morgan fingerprint density at radius 2 is 2.19 bits per heavy atom. The molecule has 21 heavy (non-hydrogen) atoms. The van der Waals surface area contributed by atoms with Gasteiger partial charge in [-0.05, 0) is 37.6 Å². The summed E-state index contributed by atoms with van der Waals surface area (Å²) < 4.78 is 7.84. The van der Waals surface area contributed by atoms with E-state index < -0.39 is 0 Å². The van der Waals surface area contributed by atoms with Gasteiger partial charge in [0.25, 0.3) is 0 Å². The quantitative estimate of drug-likeness (QED) is 0.777. The van der Waals surface area contributed by atoms with Crippen molar-refractivity contribution in [1.29, 1.82) is 0 Å². The van der Waals surface area contributed by atoms with Crippen LogP contribution in [0.4, 0.5) is 0 Å². The normalized spacial score (nSPS) is 12.9. The molecule has 0 spiro atoms. The minimum atomic E-state index is 0.177. The number of aryl methyl sites for hydroxylation is 2. The Labute approximate surface area is 124 Å². The highest BCUT2D eigenvalue weighted by molar-refractivity contribution is 5.47. The summed E-state index contributed by atoms with van der Waals surface area (Å²) in [7, 11) is 0. The van der Waals surface area contributed by atoms with Gasteiger partial charge in [0, 0.05) is 25.4 Å². The second-order valence-electron chi connectivity index (χ2n) is 5.41. The lowest BCUT2D eigenvalue weighted by atomic mass is 10.2. The van der Waals surface area contributed by atoms with Crippen molar-refractivity contribution in [3.05, 3.63) is 59.4 Å². The van der Waals surface area contributed by atoms with Crippen LogP contribution in [0.15, 0.2) is 41.1 Å². The predicted octanol–water partition coefficient (Wildman–Crippen LogP) is 3.65. The minimum Gasteiger partial charge on any atom is -0.464 e. The fraction of sp³-hybridized carbons (Fsp3) is 0.353. The Morgan fingerprint density at radius 3 is 2.90 bits per heavy atom. The molecular formula is C17H21N3O. The van der Waals surface area contributed by atoms with E-state index in [0.717, 1.165) is 35.8 Å². The zero-order chi connectivity index (χ0) is 14.8. The largest absolute Gasteiger partial charge is 0.464 e. The van der Waals surface area contributed by atoms with E-state index in [1.165, 1.54) is 5.56 Å². The average Bonchev–Trinajstić information content (AvgIpc) is 3.12. The molecule has 3 aromatic heterocycles. The molecule has 3 aromatic rings. The Bertz CT molecular complexity index is 741. The van der Waals surface area contributed by atoms with Gasteiger partial charge in [-0.25, -0.2) is 4.98 Å². The van der Waals surface area contributed by atoms with Crippen LogP contribution in [-0.2, 0) is 13.0 Å². The molecule has 110 valence electrons. The van der Waals surface area contributed by atoms with Crippen molar-refractivity contribution in [1.82, 2.24) is 14.7 Å². The lowest BCUT2D eigenvalue weighted by Gasteiger charge is -2.09. The van der Waals surface area contributed by atoms with Gasteiger partial charge in [-0.2, -0.15) is 0 Å². The molecule has 1 atom stereocenters. The molecule has 0 aliphatic rings. The third-order valence-corrected chi connectivity index (χ3v) is 3.77. The third kappa shape index (κ3) is 2.85. The van der Waals surface area contributed by atoms with Crippen LogP contribution < -0.4 is 5.32 Å². The SMILES string of the molecule is CCc1ccc([C@H](C)NCc2cn3cccc(C)c3n2)o1. The van der Waals surface area contributed by atoms with Crippen molar-refractivity contribution in [3.8, 4) is 0 Å². The van der Waals surface area contributed by atoms with E-state index in [4.69, 9.17) is 4.42 Å². The van der Waals surface area contributed by atoms with Gasteiger partial charge in [-0.15, -0.1) is 0 Å². The van der Waals surface area contributed by atoms with Crippen LogP contribution in [0.25, 0.3) is 5.65 Å². The fourth-order valence-corrected chi connectivity index (χ4v) is 2.47. The number of nitrogens with zero attached hydrogens (tertiary/aromatic N) is 2. The predicted molar refractivity (Wildman–Crippen MR) is 83.3 cm³/mol. The number of aromatic nitrogens is 2. The summed E-state index contributed by atoms with van der Waals surface area (Å²) in [6, 6.07) is 8.39. The minimum absolute atomic E-state index is 0.177. The summed E-state index contributed by atoms with van der Waals surface area (Å²) in [5.41, 5.74) is 3.25. The zero-order valence-electron chi connectivity index (χ0n) is 12.8. The summed E-state index contributed by atoms with van der Waals surface area (Å²) in [4.78, 5) is 4.67. The second-order valence-corrected chi connectivity index (χ2v) is 5.41. The number of hydrogen-bond acceptors (Lipinski definition) is 3. The molecule has 0 radical (unpaired) electrons. The van der Waals surface area contributed by atoms with E-state index >= 15 is 0 Å². The highest BCUT2D eigenvalue weighted by Gasteiger charge is 2.11. The molecule has 0 saturated heterocycles. The van der Waals surface area contributed by atoms with Crippen molar-refractivity contribution in [2.45, 2.75) is 39.8 Å². The maximum atomic E-state index is 5.77. The first kappa shape index (κ1) is 13.9. The topological polar surface area (TPSA) is 42.5 Å². The Morgan fingerprint density at radius 1 is 1.33 bits per heavy atom. The van der Waals surface area contributed by atoms with Crippen molar-refractivity contribution in [3.63, 3.8) is 0 Å². The molecule has 0 unspecified atom stereocenters. The Hall–Kier alpha value is -2.07. The van der Waals surface area contributed by atoms with Crippen LogP contribution in [0.5, 0.6) is 0 Å². The zero-order valence-corrected chi connectivity index (χ0v) is 12.8. The van der Waals surface area contributed by atoms with E-state index in [0.29, 0.717) is 0 Å². The number of hydrogen-bond donors (Lipinski definition) is 1. The molecule has 4 heteroatoms. The van der Waals surface area contributed by atoms with E-state index in [2.05, 4.69) is 47.7 Å². The summed E-state index contributed by atoms with van der Waals surface area (Å²) in [6.45, 7) is 7.01. The van der Waals surface area contributed by atoms with Gasteiger partial charge < -0.3 is 14.1 Å². The van der Waals surface area contributed by atoms with Crippen molar-refractivity contribution < 1.29 is 4.42 Å². The van der Waals surface area contributed by atoms with Gasteiger partial charge in [-0.3, -0.25) is 0 Å². The third-order valence-electron chi connectivity index (χ3n) is 3.77. The molecular weight excluding hydrogens is 262 g/mol. The summed E-state index contributed by atoms with van der Waals surface area (Å²) >= 11 is 0. The maximum absolute atomic E-state index is 5.77. The van der Waals surface area contributed by atoms with E-state index in [9.17, 15) is 0 Å². The summed E-state index contributed by atoms with van der Waals surface area (Å²) in [5.74, 6) is 2.01. The molecule has 1 N–H and O–H groups in total. The van der Waals surface area contributed by atoms with Crippen molar-refractivity contribution >= 4 is 5.65 Å². The second kappa shape index (κ2) is 5.74. The van der Waals surface area contributed by atoms with E-state index in [1.807, 2.05) is 24.4 Å². The molecule has 0 amide bonds. The van der Waals surface area contributed by atoms with Crippen LogP contribution in [0.3, 0.4) is 0 Å². The summed E-state index contributed by atoms with van der Waals surface area (Å²) in [5, 5.41) is 3.46. The lowest BCUT2D eigenvalue weighted by molar-refractivity contribution is 0.407. The standard InChI is InChI=1S/C17H21N3O/c1-4-15-7-8-16(21-15)13(3)18-10-14-11-20-9-5-6-12(2)17(20)19-14/h5-9,11,13,18H,4,10H2,1-3H3/t13-/m0/s1. The number of nitrogens with one attached hydrogen (secondary N) is 1. The van der Waals surface area contributed by atoms with Gasteiger partial charge in [0.1, 0.15) is 17.2 Å². The molecule has 3 heterocycles. The Balaban J connectivity index is 1.69. The average molecular weight is 283 g/mol. The van der Waals surface area contributed by atoms with Crippen molar-refractivity contribution in [2.24, 2.45) is 0 Å². The molecule has 3 rings (SSSR count). The van der Waals surface area contributed by atoms with Gasteiger partial charge in [-0.1, -0.05) is 13.0 Å². The monoisotopic (exact) mass is 283 g/mol. The maximum Gasteiger partial charge on any atom is 0.139 e. The highest BCUT2D eigenvalue weighted by Crippen LogP contribution is 2.17. The molecule has 0 fully saturated rings. The summed E-state index contributed by atoms with van der Waals surface area (Å²) in [6.07, 6.45) is 5.03. The first-order valence-electron chi connectivity index (χ1n) is 7.42. The van der Waals surface area contributed by atoms with Gasteiger partial charge >= 0.3 is 0 Å². The number of furan rings is 1. The van der Waals surface area contributed by atoms with Crippen molar-refractivity contribution in [2.75, 3.05) is 0 Å². The molecule has 4 nitrogen and oxygen atoms in total. The van der Waals surface area contributed by atoms with Crippen LogP contribution in [-0.4, -0.2) is 9.38 Å². The number of imidazole rings is 1. The van der Waals surface area contributed by atoms with Crippen LogP contribution in [0, 0.1) is 6.92 Å². The van der Waals surface area contributed by atoms with Crippen LogP contribution >= 0.6 is 0 Å². The van der Waals surface area contributed by atoms with Crippen LogP contribution in [0.2, 0.25) is 0 Å². The number of rotatable bonds is 5. The van der Waals surface area contributed by atoms with Crippen LogP contribution in [0.1, 0.15) is 42.7 Å². The van der Waals surface area contributed by atoms with Gasteiger partial charge in [0.15, 0.2) is 0 Å². The van der Waals surface area contributed by atoms with E-state index in [-0.39, 0.29) is 6.04 Å². The Kier molecular flexibility index (Phi) is 3.80. The van der Waals surface area contributed by atoms with E-state index in [1.54, 1.807) is 0 Å². The van der Waals surface area contributed by atoms with Gasteiger partial charge in [0.05, 0.1) is 11.7 Å². The number of pyridine rings is 1. The first-order chi connectivity index (χ1) is 10.2. The molecule has 0 saturated carbocycles. The highest BCUT2D eigenvalue weighted by atomic mass is 16.3.